The average Bonchev–Trinajstić information content (AvgIpc) is 3.12. The van der Waals surface area contributed by atoms with Crippen LogP contribution in [0.15, 0.2) is 34.2 Å². The highest BCUT2D eigenvalue weighted by molar-refractivity contribution is 9.11. The Morgan fingerprint density at radius 3 is 2.69 bits per heavy atom. The minimum atomic E-state index is -0.467. The van der Waals surface area contributed by atoms with E-state index in [1.807, 2.05) is 12.1 Å². The van der Waals surface area contributed by atoms with Crippen LogP contribution in [0.25, 0.3) is 0 Å². The Labute approximate surface area is 164 Å². The maximum atomic E-state index is 11.9. The van der Waals surface area contributed by atoms with Gasteiger partial charge in [0.15, 0.2) is 0 Å². The third kappa shape index (κ3) is 5.18. The lowest BCUT2D eigenvalue weighted by Crippen LogP contribution is -2.46. The van der Waals surface area contributed by atoms with Crippen LogP contribution in [-0.4, -0.2) is 30.0 Å². The number of rotatable bonds is 4. The van der Waals surface area contributed by atoms with Crippen LogP contribution in [0.5, 0.6) is 0 Å². The lowest BCUT2D eigenvalue weighted by atomic mass is 10.1. The number of hydrazine groups is 1. The van der Waals surface area contributed by atoms with Crippen molar-refractivity contribution in [2.24, 2.45) is 0 Å². The quantitative estimate of drug-likeness (QED) is 0.641. The van der Waals surface area contributed by atoms with E-state index in [1.165, 1.54) is 30.6 Å². The van der Waals surface area contributed by atoms with Gasteiger partial charge in [0, 0.05) is 25.8 Å². The molecule has 0 unspecified atom stereocenters. The number of aromatic nitrogens is 1. The van der Waals surface area contributed by atoms with E-state index in [-0.39, 0.29) is 5.91 Å². The van der Waals surface area contributed by atoms with Crippen molar-refractivity contribution in [2.45, 2.75) is 25.8 Å². The van der Waals surface area contributed by atoms with Gasteiger partial charge in [-0.25, -0.2) is 15.2 Å². The second-order valence-corrected chi connectivity index (χ2v) is 8.40. The number of amides is 3. The number of piperidine rings is 1. The summed E-state index contributed by atoms with van der Waals surface area (Å²) in [5.41, 5.74) is 5.70. The van der Waals surface area contributed by atoms with Crippen molar-refractivity contribution >= 4 is 45.0 Å². The molecule has 1 saturated heterocycles. The van der Waals surface area contributed by atoms with Crippen LogP contribution in [0.3, 0.4) is 0 Å². The molecule has 3 amide bonds. The number of thiophene rings is 1. The lowest BCUT2D eigenvalue weighted by Gasteiger charge is -2.27. The van der Waals surface area contributed by atoms with Crippen LogP contribution in [0.1, 0.15) is 34.5 Å². The largest absolute Gasteiger partial charge is 0.357 e. The number of nitrogens with one attached hydrogen (secondary N) is 3. The van der Waals surface area contributed by atoms with E-state index in [4.69, 9.17) is 0 Å². The fourth-order valence-corrected chi connectivity index (χ4v) is 3.99. The molecule has 2 aromatic heterocycles. The van der Waals surface area contributed by atoms with Gasteiger partial charge in [-0.3, -0.25) is 10.2 Å². The Hall–Kier alpha value is -2.13. The smallest absolute Gasteiger partial charge is 0.333 e. The standard InChI is InChI=1S/C17H20BrN5O2S/c18-14-5-4-13(26-14)16(24)21-22-17(25)20-11-12-6-7-19-15(10-12)23-8-2-1-3-9-23/h4-7,10H,1-3,8-9,11H2,(H,21,24)(H2,20,22,25). The maximum Gasteiger partial charge on any atom is 0.333 e. The van der Waals surface area contributed by atoms with Gasteiger partial charge in [-0.15, -0.1) is 11.3 Å². The number of carbonyl (C=O) groups excluding carboxylic acids is 2. The van der Waals surface area contributed by atoms with Crippen molar-refractivity contribution in [3.63, 3.8) is 0 Å². The summed E-state index contributed by atoms with van der Waals surface area (Å²) in [6, 6.07) is 6.86. The first-order valence-corrected chi connectivity index (χ1v) is 10.0. The SMILES string of the molecule is O=C(NCc1ccnc(N2CCCCC2)c1)NNC(=O)c1ccc(Br)s1. The van der Waals surface area contributed by atoms with E-state index in [1.54, 1.807) is 18.3 Å². The minimum absolute atomic E-state index is 0.354. The summed E-state index contributed by atoms with van der Waals surface area (Å²) in [6.45, 7) is 2.40. The molecule has 2 aromatic rings. The van der Waals surface area contributed by atoms with Gasteiger partial charge >= 0.3 is 6.03 Å². The monoisotopic (exact) mass is 437 g/mol. The third-order valence-electron chi connectivity index (χ3n) is 4.03. The van der Waals surface area contributed by atoms with Gasteiger partial charge in [0.1, 0.15) is 5.82 Å². The van der Waals surface area contributed by atoms with Gasteiger partial charge in [-0.2, -0.15) is 0 Å². The molecule has 0 spiro atoms. The molecule has 3 N–H and O–H groups in total. The van der Waals surface area contributed by atoms with Crippen molar-refractivity contribution in [3.8, 4) is 0 Å². The van der Waals surface area contributed by atoms with E-state index >= 15 is 0 Å². The van der Waals surface area contributed by atoms with Crippen LogP contribution in [0, 0.1) is 0 Å². The molecule has 0 bridgehead atoms. The predicted molar refractivity (Wildman–Crippen MR) is 105 cm³/mol. The molecule has 1 aliphatic heterocycles. The summed E-state index contributed by atoms with van der Waals surface area (Å²) in [5.74, 6) is 0.591. The van der Waals surface area contributed by atoms with Gasteiger partial charge < -0.3 is 10.2 Å². The third-order valence-corrected chi connectivity index (χ3v) is 5.65. The molecule has 0 atom stereocenters. The van der Waals surface area contributed by atoms with E-state index in [0.717, 1.165) is 28.3 Å². The van der Waals surface area contributed by atoms with Crippen molar-refractivity contribution in [1.82, 2.24) is 21.2 Å². The summed E-state index contributed by atoms with van der Waals surface area (Å²) in [6.07, 6.45) is 5.40. The number of pyridine rings is 1. The van der Waals surface area contributed by atoms with Crippen molar-refractivity contribution in [1.29, 1.82) is 0 Å². The fraction of sp³-hybridized carbons (Fsp3) is 0.353. The van der Waals surface area contributed by atoms with Gasteiger partial charge in [0.2, 0.25) is 0 Å². The molecule has 1 aliphatic rings. The Bertz CT molecular complexity index is 776. The van der Waals surface area contributed by atoms with Gasteiger partial charge in [-0.05, 0) is 65.0 Å². The molecule has 1 fully saturated rings. The molecule has 0 saturated carbocycles. The summed E-state index contributed by atoms with van der Waals surface area (Å²) in [5, 5.41) is 2.72. The van der Waals surface area contributed by atoms with Crippen molar-refractivity contribution in [3.05, 3.63) is 44.7 Å². The highest BCUT2D eigenvalue weighted by atomic mass is 79.9. The number of anilines is 1. The second kappa shape index (κ2) is 9.00. The lowest BCUT2D eigenvalue weighted by molar-refractivity contribution is 0.0940. The summed E-state index contributed by atoms with van der Waals surface area (Å²) >= 11 is 4.59. The van der Waals surface area contributed by atoms with Gasteiger partial charge in [-0.1, -0.05) is 0 Å². The molecule has 0 radical (unpaired) electrons. The van der Waals surface area contributed by atoms with Crippen LogP contribution >= 0.6 is 27.3 Å². The van der Waals surface area contributed by atoms with E-state index in [2.05, 4.69) is 42.0 Å². The summed E-state index contributed by atoms with van der Waals surface area (Å²) in [7, 11) is 0. The minimum Gasteiger partial charge on any atom is -0.357 e. The van der Waals surface area contributed by atoms with Crippen LogP contribution in [0.4, 0.5) is 10.6 Å². The molecular weight excluding hydrogens is 418 g/mol. The Morgan fingerprint density at radius 1 is 1.15 bits per heavy atom. The number of hydrogen-bond donors (Lipinski definition) is 3. The number of hydrogen-bond acceptors (Lipinski definition) is 5. The highest BCUT2D eigenvalue weighted by Gasteiger charge is 2.13. The first kappa shape index (κ1) is 18.7. The van der Waals surface area contributed by atoms with Crippen LogP contribution < -0.4 is 21.1 Å². The Kier molecular flexibility index (Phi) is 6.45. The van der Waals surface area contributed by atoms with Crippen LogP contribution in [-0.2, 0) is 6.54 Å². The van der Waals surface area contributed by atoms with Crippen molar-refractivity contribution in [2.75, 3.05) is 18.0 Å². The molecule has 26 heavy (non-hydrogen) atoms. The number of urea groups is 1. The summed E-state index contributed by atoms with van der Waals surface area (Å²) in [4.78, 5) is 31.0. The molecule has 138 valence electrons. The van der Waals surface area contributed by atoms with Crippen LogP contribution in [0.2, 0.25) is 0 Å². The molecule has 0 aromatic carbocycles. The normalized spacial score (nSPS) is 14.0. The zero-order chi connectivity index (χ0) is 18.4. The molecule has 3 heterocycles. The number of nitrogens with zero attached hydrogens (tertiary/aromatic N) is 2. The Morgan fingerprint density at radius 2 is 1.96 bits per heavy atom. The first-order valence-electron chi connectivity index (χ1n) is 8.41. The second-order valence-electron chi connectivity index (χ2n) is 5.94. The molecular formula is C17H20BrN5O2S. The zero-order valence-corrected chi connectivity index (χ0v) is 16.5. The predicted octanol–water partition coefficient (Wildman–Crippen LogP) is 3.04. The molecule has 9 heteroatoms. The zero-order valence-electron chi connectivity index (χ0n) is 14.1. The number of halogens is 1. The molecule has 3 rings (SSSR count). The molecule has 0 aliphatic carbocycles. The van der Waals surface area contributed by atoms with Gasteiger partial charge in [0.05, 0.1) is 8.66 Å². The summed E-state index contributed by atoms with van der Waals surface area (Å²) < 4.78 is 0.856. The Balaban J connectivity index is 1.46. The fourth-order valence-electron chi connectivity index (χ4n) is 2.70. The first-order chi connectivity index (χ1) is 12.6. The van der Waals surface area contributed by atoms with E-state index in [0.29, 0.717) is 11.4 Å². The molecule has 7 nitrogen and oxygen atoms in total. The number of carbonyl (C=O) groups is 2. The average molecular weight is 438 g/mol. The van der Waals surface area contributed by atoms with Crippen molar-refractivity contribution < 1.29 is 9.59 Å². The highest BCUT2D eigenvalue weighted by Crippen LogP contribution is 2.21. The van der Waals surface area contributed by atoms with E-state index in [9.17, 15) is 9.59 Å². The van der Waals surface area contributed by atoms with Gasteiger partial charge in [0.25, 0.3) is 5.91 Å². The topological polar surface area (TPSA) is 86.4 Å². The maximum absolute atomic E-state index is 11.9. The van der Waals surface area contributed by atoms with E-state index < -0.39 is 6.03 Å².